The van der Waals surface area contributed by atoms with E-state index in [2.05, 4.69) is 58.9 Å². The molecule has 0 aliphatic rings. The topological polar surface area (TPSA) is 30.3 Å². The maximum atomic E-state index is 9.02. The molecule has 4 heteroatoms. The first-order chi connectivity index (χ1) is 8.56. The van der Waals surface area contributed by atoms with Gasteiger partial charge in [-0.2, -0.15) is 5.26 Å². The van der Waals surface area contributed by atoms with Crippen molar-refractivity contribution >= 4 is 21.6 Å². The van der Waals surface area contributed by atoms with Crippen LogP contribution >= 0.6 is 15.9 Å². The van der Waals surface area contributed by atoms with Gasteiger partial charge >= 0.3 is 0 Å². The normalized spacial score (nSPS) is 10.4. The molecule has 1 rings (SSSR count). The predicted octanol–water partition coefficient (Wildman–Crippen LogP) is 3.10. The van der Waals surface area contributed by atoms with E-state index in [9.17, 15) is 0 Å². The van der Waals surface area contributed by atoms with Crippen LogP contribution in [0.1, 0.15) is 18.9 Å². The number of hydrogen-bond donors (Lipinski definition) is 0. The van der Waals surface area contributed by atoms with E-state index in [1.807, 2.05) is 12.1 Å². The van der Waals surface area contributed by atoms with Crippen molar-refractivity contribution in [3.05, 3.63) is 28.2 Å². The first-order valence-corrected chi connectivity index (χ1v) is 6.96. The van der Waals surface area contributed by atoms with Crippen molar-refractivity contribution in [2.45, 2.75) is 13.3 Å². The number of hydrogen-bond acceptors (Lipinski definition) is 3. The van der Waals surface area contributed by atoms with E-state index in [4.69, 9.17) is 5.26 Å². The third kappa shape index (κ3) is 4.67. The number of anilines is 1. The number of rotatable bonds is 6. The van der Waals surface area contributed by atoms with Crippen molar-refractivity contribution in [2.24, 2.45) is 0 Å². The lowest BCUT2D eigenvalue weighted by atomic mass is 10.2. The lowest BCUT2D eigenvalue weighted by molar-refractivity contribution is 0.413. The summed E-state index contributed by atoms with van der Waals surface area (Å²) in [6, 6.07) is 8.08. The molecule has 98 valence electrons. The summed E-state index contributed by atoms with van der Waals surface area (Å²) >= 11 is 3.47. The van der Waals surface area contributed by atoms with E-state index in [-0.39, 0.29) is 0 Å². The van der Waals surface area contributed by atoms with Gasteiger partial charge in [-0.1, -0.05) is 22.9 Å². The highest BCUT2D eigenvalue weighted by Gasteiger charge is 2.08. The van der Waals surface area contributed by atoms with E-state index in [0.717, 1.165) is 36.2 Å². The van der Waals surface area contributed by atoms with Crippen LogP contribution < -0.4 is 4.90 Å². The van der Waals surface area contributed by atoms with Crippen LogP contribution in [0.2, 0.25) is 0 Å². The highest BCUT2D eigenvalue weighted by atomic mass is 79.9. The first-order valence-electron chi connectivity index (χ1n) is 6.17. The Kier molecular flexibility index (Phi) is 6.17. The average Bonchev–Trinajstić information content (AvgIpc) is 2.33. The Hall–Kier alpha value is -1.05. The minimum absolute atomic E-state index is 0.699. The Morgan fingerprint density at radius 3 is 2.44 bits per heavy atom. The van der Waals surface area contributed by atoms with Crippen LogP contribution in [0, 0.1) is 11.3 Å². The summed E-state index contributed by atoms with van der Waals surface area (Å²) in [5.74, 6) is 0. The first kappa shape index (κ1) is 15.0. The lowest BCUT2D eigenvalue weighted by Crippen LogP contribution is -2.32. The van der Waals surface area contributed by atoms with Crippen molar-refractivity contribution in [3.63, 3.8) is 0 Å². The van der Waals surface area contributed by atoms with Crippen LogP contribution in [-0.4, -0.2) is 38.6 Å². The molecule has 0 aliphatic carbocycles. The number of nitrogens with zero attached hydrogens (tertiary/aromatic N) is 3. The predicted molar refractivity (Wildman–Crippen MR) is 79.9 cm³/mol. The summed E-state index contributed by atoms with van der Waals surface area (Å²) in [6.45, 7) is 5.16. The number of nitriles is 1. The fourth-order valence-electron chi connectivity index (χ4n) is 1.78. The third-order valence-electron chi connectivity index (χ3n) is 2.69. The second kappa shape index (κ2) is 7.40. The molecule has 1 aromatic rings. The van der Waals surface area contributed by atoms with Gasteiger partial charge in [0.1, 0.15) is 0 Å². The van der Waals surface area contributed by atoms with Gasteiger partial charge in [0, 0.05) is 29.8 Å². The molecule has 0 radical (unpaired) electrons. The standard InChI is InChI=1S/C14H20BrN3/c1-4-5-18(7-6-17(2)3)14-9-12(11-16)8-13(15)10-14/h8-10H,4-7H2,1-3H3. The molecule has 1 aromatic carbocycles. The summed E-state index contributed by atoms with van der Waals surface area (Å²) in [4.78, 5) is 4.50. The maximum Gasteiger partial charge on any atom is 0.0992 e. The fraction of sp³-hybridized carbons (Fsp3) is 0.500. The van der Waals surface area contributed by atoms with Gasteiger partial charge in [-0.25, -0.2) is 0 Å². The molecule has 0 atom stereocenters. The van der Waals surface area contributed by atoms with Gasteiger partial charge in [-0.05, 0) is 38.7 Å². The van der Waals surface area contributed by atoms with Gasteiger partial charge in [-0.15, -0.1) is 0 Å². The van der Waals surface area contributed by atoms with E-state index in [1.165, 1.54) is 0 Å². The smallest absolute Gasteiger partial charge is 0.0992 e. The molecule has 0 N–H and O–H groups in total. The van der Waals surface area contributed by atoms with Crippen molar-refractivity contribution in [1.82, 2.24) is 4.90 Å². The maximum absolute atomic E-state index is 9.02. The molecule has 0 saturated carbocycles. The zero-order chi connectivity index (χ0) is 13.5. The van der Waals surface area contributed by atoms with Gasteiger partial charge in [0.15, 0.2) is 0 Å². The molecule has 0 saturated heterocycles. The van der Waals surface area contributed by atoms with Gasteiger partial charge in [0.05, 0.1) is 11.6 Å². The molecule has 0 amide bonds. The van der Waals surface area contributed by atoms with Gasteiger partial charge in [0.25, 0.3) is 0 Å². The summed E-state index contributed by atoms with van der Waals surface area (Å²) in [7, 11) is 4.15. The van der Waals surface area contributed by atoms with Gasteiger partial charge in [-0.3, -0.25) is 0 Å². The molecule has 0 heterocycles. The average molecular weight is 310 g/mol. The van der Waals surface area contributed by atoms with Crippen molar-refractivity contribution in [2.75, 3.05) is 38.6 Å². The molecule has 18 heavy (non-hydrogen) atoms. The Morgan fingerprint density at radius 1 is 1.17 bits per heavy atom. The minimum atomic E-state index is 0.699. The van der Waals surface area contributed by atoms with Gasteiger partial charge < -0.3 is 9.80 Å². The second-order valence-corrected chi connectivity index (χ2v) is 5.52. The molecule has 0 fully saturated rings. The van der Waals surface area contributed by atoms with Crippen LogP contribution in [0.25, 0.3) is 0 Å². The minimum Gasteiger partial charge on any atom is -0.370 e. The number of halogens is 1. The van der Waals surface area contributed by atoms with Crippen molar-refractivity contribution in [3.8, 4) is 6.07 Å². The van der Waals surface area contributed by atoms with Gasteiger partial charge in [0.2, 0.25) is 0 Å². The van der Waals surface area contributed by atoms with Crippen LogP contribution in [0.3, 0.4) is 0 Å². The summed E-state index contributed by atoms with van der Waals surface area (Å²) < 4.78 is 0.961. The molecule has 0 unspecified atom stereocenters. The Balaban J connectivity index is 2.90. The summed E-state index contributed by atoms with van der Waals surface area (Å²) in [6.07, 6.45) is 1.10. The van der Waals surface area contributed by atoms with Crippen LogP contribution in [0.4, 0.5) is 5.69 Å². The van der Waals surface area contributed by atoms with E-state index in [0.29, 0.717) is 5.56 Å². The zero-order valence-corrected chi connectivity index (χ0v) is 12.9. The number of likely N-dealkylation sites (N-methyl/N-ethyl adjacent to an activating group) is 1. The monoisotopic (exact) mass is 309 g/mol. The van der Waals surface area contributed by atoms with Crippen LogP contribution in [0.5, 0.6) is 0 Å². The second-order valence-electron chi connectivity index (χ2n) is 4.60. The summed E-state index contributed by atoms with van der Waals surface area (Å²) in [5.41, 5.74) is 1.81. The van der Waals surface area contributed by atoms with E-state index < -0.39 is 0 Å². The Labute approximate surface area is 118 Å². The van der Waals surface area contributed by atoms with E-state index in [1.54, 1.807) is 0 Å². The molecule has 0 spiro atoms. The molecule has 3 nitrogen and oxygen atoms in total. The van der Waals surface area contributed by atoms with Crippen LogP contribution in [0.15, 0.2) is 22.7 Å². The van der Waals surface area contributed by atoms with Crippen molar-refractivity contribution in [1.29, 1.82) is 5.26 Å². The molecule has 0 aromatic heterocycles. The molecule has 0 aliphatic heterocycles. The fourth-order valence-corrected chi connectivity index (χ4v) is 2.26. The third-order valence-corrected chi connectivity index (χ3v) is 3.15. The highest BCUT2D eigenvalue weighted by molar-refractivity contribution is 9.10. The molecule has 0 bridgehead atoms. The lowest BCUT2D eigenvalue weighted by Gasteiger charge is -2.26. The number of benzene rings is 1. The van der Waals surface area contributed by atoms with Crippen molar-refractivity contribution < 1.29 is 0 Å². The molecular weight excluding hydrogens is 290 g/mol. The summed E-state index contributed by atoms with van der Waals surface area (Å²) in [5, 5.41) is 9.02. The quantitative estimate of drug-likeness (QED) is 0.809. The Bertz CT molecular complexity index is 424. The Morgan fingerprint density at radius 2 is 1.89 bits per heavy atom. The molecular formula is C14H20BrN3. The van der Waals surface area contributed by atoms with E-state index >= 15 is 0 Å². The SMILES string of the molecule is CCCN(CCN(C)C)c1cc(Br)cc(C#N)c1. The highest BCUT2D eigenvalue weighted by Crippen LogP contribution is 2.22. The largest absolute Gasteiger partial charge is 0.370 e. The van der Waals surface area contributed by atoms with Crippen LogP contribution in [-0.2, 0) is 0 Å². The zero-order valence-electron chi connectivity index (χ0n) is 11.3.